The number of benzene rings is 1. The van der Waals surface area contributed by atoms with Gasteiger partial charge in [-0.2, -0.15) is 13.2 Å². The molecule has 0 aromatic heterocycles. The molecule has 0 radical (unpaired) electrons. The number of hydrogen-bond donors (Lipinski definition) is 1. The van der Waals surface area contributed by atoms with Gasteiger partial charge in [0.2, 0.25) is 0 Å². The summed E-state index contributed by atoms with van der Waals surface area (Å²) in [6.45, 7) is -0.785. The van der Waals surface area contributed by atoms with Crippen molar-refractivity contribution in [1.82, 2.24) is 0 Å². The number of ether oxygens (including phenoxy) is 2. The van der Waals surface area contributed by atoms with Crippen LogP contribution in [0.1, 0.15) is 17.2 Å². The second-order valence-electron chi connectivity index (χ2n) is 4.20. The molecule has 1 unspecified atom stereocenters. The van der Waals surface area contributed by atoms with Crippen molar-refractivity contribution < 1.29 is 22.6 Å². The fraction of sp³-hybridized carbons (Fsp3) is 0.500. The Balaban J connectivity index is 1.91. The monoisotopic (exact) mass is 261 g/mol. The zero-order valence-electron chi connectivity index (χ0n) is 9.67. The lowest BCUT2D eigenvalue weighted by atomic mass is 10.0. The average Bonchev–Trinajstić information content (AvgIpc) is 2.73. The lowest BCUT2D eigenvalue weighted by Gasteiger charge is -2.14. The Morgan fingerprint density at radius 3 is 2.89 bits per heavy atom. The molecule has 2 N–H and O–H groups in total. The molecule has 0 fully saturated rings. The Hall–Kier alpha value is -1.27. The minimum absolute atomic E-state index is 0.154. The van der Waals surface area contributed by atoms with E-state index in [0.717, 1.165) is 23.3 Å². The summed E-state index contributed by atoms with van der Waals surface area (Å²) in [6.07, 6.45) is -3.51. The van der Waals surface area contributed by atoms with E-state index >= 15 is 0 Å². The maximum atomic E-state index is 11.9. The Morgan fingerprint density at radius 1 is 1.39 bits per heavy atom. The highest BCUT2D eigenvalue weighted by atomic mass is 19.4. The fourth-order valence-corrected chi connectivity index (χ4v) is 1.83. The molecule has 0 aliphatic carbocycles. The predicted octanol–water partition coefficient (Wildman–Crippen LogP) is 2.20. The Morgan fingerprint density at radius 2 is 2.17 bits per heavy atom. The molecule has 0 bridgehead atoms. The Bertz CT molecular complexity index is 420. The van der Waals surface area contributed by atoms with Crippen LogP contribution in [0.25, 0.3) is 0 Å². The number of nitrogens with two attached hydrogens (primary N) is 1. The van der Waals surface area contributed by atoms with Crippen LogP contribution in [0.5, 0.6) is 5.75 Å². The molecule has 1 aromatic carbocycles. The third-order valence-electron chi connectivity index (χ3n) is 2.70. The van der Waals surface area contributed by atoms with E-state index in [1.807, 2.05) is 6.07 Å². The van der Waals surface area contributed by atoms with Crippen molar-refractivity contribution in [3.63, 3.8) is 0 Å². The topological polar surface area (TPSA) is 44.5 Å². The van der Waals surface area contributed by atoms with Gasteiger partial charge in [-0.3, -0.25) is 0 Å². The van der Waals surface area contributed by atoms with Crippen molar-refractivity contribution in [2.45, 2.75) is 18.6 Å². The molecule has 0 saturated heterocycles. The molecule has 0 spiro atoms. The largest absolute Gasteiger partial charge is 0.493 e. The summed E-state index contributed by atoms with van der Waals surface area (Å²) in [6, 6.07) is 4.86. The highest BCUT2D eigenvalue weighted by Gasteiger charge is 2.27. The van der Waals surface area contributed by atoms with Crippen LogP contribution in [-0.4, -0.2) is 26.0 Å². The third-order valence-corrected chi connectivity index (χ3v) is 2.70. The molecular formula is C12H14F3NO2. The summed E-state index contributed by atoms with van der Waals surface area (Å²) in [5, 5.41) is 0. The molecule has 1 aliphatic heterocycles. The summed E-state index contributed by atoms with van der Waals surface area (Å²) in [5.74, 6) is 0.821. The summed E-state index contributed by atoms with van der Waals surface area (Å²) < 4.78 is 45.6. The zero-order valence-corrected chi connectivity index (χ0v) is 9.67. The minimum Gasteiger partial charge on any atom is -0.493 e. The summed E-state index contributed by atoms with van der Waals surface area (Å²) in [7, 11) is 0. The number of halogens is 3. The molecule has 1 atom stereocenters. The van der Waals surface area contributed by atoms with Crippen LogP contribution in [-0.2, 0) is 11.2 Å². The van der Waals surface area contributed by atoms with E-state index in [2.05, 4.69) is 4.74 Å². The van der Waals surface area contributed by atoms with Crippen molar-refractivity contribution >= 4 is 0 Å². The van der Waals surface area contributed by atoms with Crippen LogP contribution in [0.4, 0.5) is 13.2 Å². The molecule has 0 amide bonds. The second-order valence-corrected chi connectivity index (χ2v) is 4.20. The summed E-state index contributed by atoms with van der Waals surface area (Å²) in [5.41, 5.74) is 7.59. The van der Waals surface area contributed by atoms with Gasteiger partial charge < -0.3 is 15.2 Å². The van der Waals surface area contributed by atoms with Gasteiger partial charge in [0.15, 0.2) is 0 Å². The molecule has 100 valence electrons. The fourth-order valence-electron chi connectivity index (χ4n) is 1.83. The molecule has 18 heavy (non-hydrogen) atoms. The normalized spacial score (nSPS) is 16.2. The van der Waals surface area contributed by atoms with E-state index in [1.165, 1.54) is 0 Å². The van der Waals surface area contributed by atoms with E-state index in [-0.39, 0.29) is 6.61 Å². The first-order chi connectivity index (χ1) is 8.46. The highest BCUT2D eigenvalue weighted by Crippen LogP contribution is 2.27. The van der Waals surface area contributed by atoms with E-state index in [4.69, 9.17) is 10.5 Å². The van der Waals surface area contributed by atoms with Crippen LogP contribution in [0.3, 0.4) is 0 Å². The average molecular weight is 261 g/mol. The molecule has 1 heterocycles. The molecule has 0 saturated carbocycles. The lowest BCUT2D eigenvalue weighted by Crippen LogP contribution is -2.23. The number of rotatable bonds is 4. The van der Waals surface area contributed by atoms with E-state index in [1.54, 1.807) is 12.1 Å². The summed E-state index contributed by atoms with van der Waals surface area (Å²) in [4.78, 5) is 0. The van der Waals surface area contributed by atoms with Gasteiger partial charge in [-0.25, -0.2) is 0 Å². The number of hydrogen-bond acceptors (Lipinski definition) is 3. The highest BCUT2D eigenvalue weighted by molar-refractivity contribution is 5.40. The third kappa shape index (κ3) is 3.36. The first-order valence-electron chi connectivity index (χ1n) is 5.61. The molecule has 1 aliphatic rings. The van der Waals surface area contributed by atoms with E-state index in [0.29, 0.717) is 6.61 Å². The molecule has 3 nitrogen and oxygen atoms in total. The first kappa shape index (κ1) is 13.2. The van der Waals surface area contributed by atoms with Crippen LogP contribution < -0.4 is 10.5 Å². The Kier molecular flexibility index (Phi) is 3.77. The van der Waals surface area contributed by atoms with Gasteiger partial charge in [0.25, 0.3) is 0 Å². The van der Waals surface area contributed by atoms with Crippen LogP contribution >= 0.6 is 0 Å². The molecular weight excluding hydrogens is 247 g/mol. The van der Waals surface area contributed by atoms with Gasteiger partial charge >= 0.3 is 6.18 Å². The standard InChI is InChI=1S/C12H14F3NO2/c13-12(14,15)7-17-6-10(16)8-1-2-11-9(5-8)3-4-18-11/h1-2,5,10H,3-4,6-7,16H2. The summed E-state index contributed by atoms with van der Waals surface area (Å²) >= 11 is 0. The van der Waals surface area contributed by atoms with Crippen molar-refractivity contribution in [3.05, 3.63) is 29.3 Å². The van der Waals surface area contributed by atoms with Crippen LogP contribution in [0.15, 0.2) is 18.2 Å². The van der Waals surface area contributed by atoms with Gasteiger partial charge in [-0.05, 0) is 17.2 Å². The predicted molar refractivity (Wildman–Crippen MR) is 59.4 cm³/mol. The first-order valence-corrected chi connectivity index (χ1v) is 5.61. The number of fused-ring (bicyclic) bond motifs is 1. The maximum absolute atomic E-state index is 11.9. The van der Waals surface area contributed by atoms with Gasteiger partial charge in [0.1, 0.15) is 12.4 Å². The zero-order chi connectivity index (χ0) is 13.2. The van der Waals surface area contributed by atoms with Gasteiger partial charge in [-0.1, -0.05) is 12.1 Å². The Labute approximate surface area is 103 Å². The van der Waals surface area contributed by atoms with Crippen molar-refractivity contribution in [1.29, 1.82) is 0 Å². The van der Waals surface area contributed by atoms with Crippen LogP contribution in [0.2, 0.25) is 0 Å². The van der Waals surface area contributed by atoms with Crippen molar-refractivity contribution in [2.75, 3.05) is 19.8 Å². The maximum Gasteiger partial charge on any atom is 0.411 e. The lowest BCUT2D eigenvalue weighted by molar-refractivity contribution is -0.174. The van der Waals surface area contributed by atoms with Crippen molar-refractivity contribution in [2.24, 2.45) is 5.73 Å². The second kappa shape index (κ2) is 5.16. The minimum atomic E-state index is -4.31. The number of alkyl halides is 3. The smallest absolute Gasteiger partial charge is 0.411 e. The SMILES string of the molecule is NC(COCC(F)(F)F)c1ccc2c(c1)CCO2. The van der Waals surface area contributed by atoms with E-state index in [9.17, 15) is 13.2 Å². The van der Waals surface area contributed by atoms with Gasteiger partial charge in [-0.15, -0.1) is 0 Å². The van der Waals surface area contributed by atoms with Gasteiger partial charge in [0.05, 0.1) is 19.3 Å². The van der Waals surface area contributed by atoms with Gasteiger partial charge in [0, 0.05) is 6.42 Å². The van der Waals surface area contributed by atoms with Crippen LogP contribution in [0, 0.1) is 0 Å². The van der Waals surface area contributed by atoms with E-state index < -0.39 is 18.8 Å². The van der Waals surface area contributed by atoms with Crippen molar-refractivity contribution in [3.8, 4) is 5.75 Å². The molecule has 2 rings (SSSR count). The molecule has 1 aromatic rings. The molecule has 6 heteroatoms. The quantitative estimate of drug-likeness (QED) is 0.903.